The Morgan fingerprint density at radius 3 is 2.33 bits per heavy atom. The molecular weight excluding hydrogens is 270 g/mol. The van der Waals surface area contributed by atoms with Gasteiger partial charge in [-0.05, 0) is 48.4 Å². The van der Waals surface area contributed by atoms with Gasteiger partial charge in [0.15, 0.2) is 0 Å². The van der Waals surface area contributed by atoms with Crippen LogP contribution in [0.25, 0.3) is 0 Å². The number of carbonyl (C=O) groups is 2. The van der Waals surface area contributed by atoms with Crippen LogP contribution in [0.5, 0.6) is 5.75 Å². The smallest absolute Gasteiger partial charge is 0.335 e. The van der Waals surface area contributed by atoms with Crippen LogP contribution in [-0.4, -0.2) is 28.6 Å². The number of benzene rings is 2. The number of anilines is 1. The van der Waals surface area contributed by atoms with Crippen LogP contribution in [0.4, 0.5) is 5.69 Å². The summed E-state index contributed by atoms with van der Waals surface area (Å²) in [5.41, 5.74) is 2.24. The number of amides is 1. The minimum absolute atomic E-state index is 0.0986. The third-order valence-electron chi connectivity index (χ3n) is 3.59. The molecule has 21 heavy (non-hydrogen) atoms. The van der Waals surface area contributed by atoms with E-state index in [1.807, 2.05) is 0 Å². The number of phenolic OH excluding ortho intramolecular Hbond substituents is 1. The van der Waals surface area contributed by atoms with Crippen LogP contribution in [0.3, 0.4) is 0 Å². The molecular formula is C16H13NO4. The molecule has 0 aliphatic carbocycles. The van der Waals surface area contributed by atoms with Gasteiger partial charge in [-0.15, -0.1) is 0 Å². The van der Waals surface area contributed by atoms with E-state index in [0.29, 0.717) is 24.2 Å². The van der Waals surface area contributed by atoms with Crippen LogP contribution in [0, 0.1) is 0 Å². The number of phenols is 1. The van der Waals surface area contributed by atoms with Gasteiger partial charge in [-0.3, -0.25) is 4.79 Å². The lowest BCUT2D eigenvalue weighted by Crippen LogP contribution is -2.28. The Bertz CT molecular complexity index is 722. The van der Waals surface area contributed by atoms with Crippen LogP contribution >= 0.6 is 0 Å². The number of rotatable bonds is 2. The van der Waals surface area contributed by atoms with Gasteiger partial charge in [-0.1, -0.05) is 6.07 Å². The van der Waals surface area contributed by atoms with E-state index >= 15 is 0 Å². The number of aromatic carboxylic acids is 1. The zero-order valence-electron chi connectivity index (χ0n) is 11.1. The molecule has 0 unspecified atom stereocenters. The fourth-order valence-electron chi connectivity index (χ4n) is 2.48. The molecule has 1 aliphatic heterocycles. The number of hydrogen-bond acceptors (Lipinski definition) is 3. The second-order valence-corrected chi connectivity index (χ2v) is 4.90. The molecule has 5 nitrogen and oxygen atoms in total. The van der Waals surface area contributed by atoms with Gasteiger partial charge in [0.2, 0.25) is 0 Å². The molecule has 0 saturated carbocycles. The average Bonchev–Trinajstić information content (AvgIpc) is 2.90. The van der Waals surface area contributed by atoms with E-state index in [9.17, 15) is 14.7 Å². The van der Waals surface area contributed by atoms with Crippen LogP contribution in [-0.2, 0) is 6.42 Å². The quantitative estimate of drug-likeness (QED) is 0.886. The summed E-state index contributed by atoms with van der Waals surface area (Å²) in [7, 11) is 0. The van der Waals surface area contributed by atoms with Crippen molar-refractivity contribution in [2.45, 2.75) is 6.42 Å². The maximum Gasteiger partial charge on any atom is 0.335 e. The van der Waals surface area contributed by atoms with Crippen molar-refractivity contribution < 1.29 is 19.8 Å². The van der Waals surface area contributed by atoms with E-state index in [0.717, 1.165) is 5.56 Å². The van der Waals surface area contributed by atoms with E-state index in [2.05, 4.69) is 0 Å². The monoisotopic (exact) mass is 283 g/mol. The van der Waals surface area contributed by atoms with Crippen molar-refractivity contribution in [1.82, 2.24) is 0 Å². The molecule has 0 spiro atoms. The number of carboxylic acids is 1. The van der Waals surface area contributed by atoms with E-state index in [4.69, 9.17) is 5.11 Å². The number of fused-ring (bicyclic) bond motifs is 1. The van der Waals surface area contributed by atoms with Crippen molar-refractivity contribution in [1.29, 1.82) is 0 Å². The maximum absolute atomic E-state index is 12.5. The number of carboxylic acid groups (broad SMARTS) is 1. The zero-order valence-corrected chi connectivity index (χ0v) is 11.1. The van der Waals surface area contributed by atoms with Gasteiger partial charge < -0.3 is 15.1 Å². The molecule has 106 valence electrons. The Balaban J connectivity index is 1.96. The Hall–Kier alpha value is -2.82. The summed E-state index contributed by atoms with van der Waals surface area (Å²) in [6.45, 7) is 0.526. The van der Waals surface area contributed by atoms with E-state index < -0.39 is 5.97 Å². The molecule has 1 amide bonds. The first kappa shape index (κ1) is 13.2. The highest BCUT2D eigenvalue weighted by molar-refractivity contribution is 6.07. The van der Waals surface area contributed by atoms with E-state index in [-0.39, 0.29) is 17.2 Å². The number of carbonyl (C=O) groups excluding carboxylic acids is 1. The topological polar surface area (TPSA) is 77.8 Å². The first-order valence-electron chi connectivity index (χ1n) is 6.53. The van der Waals surface area contributed by atoms with Gasteiger partial charge in [-0.2, -0.15) is 0 Å². The molecule has 5 heteroatoms. The summed E-state index contributed by atoms with van der Waals surface area (Å²) in [4.78, 5) is 25.1. The number of hydrogen-bond donors (Lipinski definition) is 2. The van der Waals surface area contributed by atoms with Gasteiger partial charge in [0.05, 0.1) is 5.56 Å². The normalized spacial score (nSPS) is 13.0. The second-order valence-electron chi connectivity index (χ2n) is 4.90. The van der Waals surface area contributed by atoms with Crippen LogP contribution in [0.2, 0.25) is 0 Å². The van der Waals surface area contributed by atoms with E-state index in [1.54, 1.807) is 29.2 Å². The average molecular weight is 283 g/mol. The fraction of sp³-hybridized carbons (Fsp3) is 0.125. The summed E-state index contributed by atoms with van der Waals surface area (Å²) in [5, 5.41) is 18.3. The van der Waals surface area contributed by atoms with Crippen molar-refractivity contribution in [2.24, 2.45) is 0 Å². The SMILES string of the molecule is O=C(O)c1ccc2c(c1)N(C(=O)c1ccc(O)cc1)CC2. The van der Waals surface area contributed by atoms with Crippen molar-refractivity contribution in [2.75, 3.05) is 11.4 Å². The first-order chi connectivity index (χ1) is 10.1. The van der Waals surface area contributed by atoms with Crippen molar-refractivity contribution in [3.05, 3.63) is 59.2 Å². The van der Waals surface area contributed by atoms with Crippen molar-refractivity contribution in [3.63, 3.8) is 0 Å². The molecule has 1 aliphatic rings. The van der Waals surface area contributed by atoms with Gasteiger partial charge in [-0.25, -0.2) is 4.79 Å². The lowest BCUT2D eigenvalue weighted by Gasteiger charge is -2.17. The summed E-state index contributed by atoms with van der Waals surface area (Å²) >= 11 is 0. The minimum atomic E-state index is -1.01. The third kappa shape index (κ3) is 2.33. The van der Waals surface area contributed by atoms with Crippen molar-refractivity contribution >= 4 is 17.6 Å². The molecule has 0 atom stereocenters. The Morgan fingerprint density at radius 1 is 1.00 bits per heavy atom. The largest absolute Gasteiger partial charge is 0.508 e. The molecule has 2 aromatic rings. The molecule has 3 rings (SSSR count). The summed E-state index contributed by atoms with van der Waals surface area (Å²) in [5.74, 6) is -1.11. The summed E-state index contributed by atoms with van der Waals surface area (Å²) < 4.78 is 0. The van der Waals surface area contributed by atoms with Crippen LogP contribution < -0.4 is 4.90 Å². The fourth-order valence-corrected chi connectivity index (χ4v) is 2.48. The van der Waals surface area contributed by atoms with Gasteiger partial charge in [0, 0.05) is 17.8 Å². The van der Waals surface area contributed by atoms with Gasteiger partial charge in [0.1, 0.15) is 5.75 Å². The highest BCUT2D eigenvalue weighted by Gasteiger charge is 2.26. The van der Waals surface area contributed by atoms with Gasteiger partial charge >= 0.3 is 5.97 Å². The molecule has 2 N–H and O–H groups in total. The predicted molar refractivity (Wildman–Crippen MR) is 76.9 cm³/mol. The Labute approximate surface area is 121 Å². The molecule has 0 aromatic heterocycles. The highest BCUT2D eigenvalue weighted by atomic mass is 16.4. The minimum Gasteiger partial charge on any atom is -0.508 e. The molecule has 0 radical (unpaired) electrons. The molecule has 0 saturated heterocycles. The third-order valence-corrected chi connectivity index (χ3v) is 3.59. The summed E-state index contributed by atoms with van der Waals surface area (Å²) in [6, 6.07) is 10.9. The molecule has 2 aromatic carbocycles. The molecule has 1 heterocycles. The van der Waals surface area contributed by atoms with Gasteiger partial charge in [0.25, 0.3) is 5.91 Å². The standard InChI is InChI=1S/C16H13NO4/c18-13-5-3-11(4-6-13)15(19)17-8-7-10-1-2-12(16(20)21)9-14(10)17/h1-6,9,18H,7-8H2,(H,20,21). The second kappa shape index (κ2) is 4.94. The van der Waals surface area contributed by atoms with Crippen molar-refractivity contribution in [3.8, 4) is 5.75 Å². The Kier molecular flexibility index (Phi) is 3.10. The lowest BCUT2D eigenvalue weighted by atomic mass is 10.1. The zero-order chi connectivity index (χ0) is 15.0. The maximum atomic E-state index is 12.5. The van der Waals surface area contributed by atoms with Crippen LogP contribution in [0.1, 0.15) is 26.3 Å². The Morgan fingerprint density at radius 2 is 1.67 bits per heavy atom. The van der Waals surface area contributed by atoms with Crippen LogP contribution in [0.15, 0.2) is 42.5 Å². The lowest BCUT2D eigenvalue weighted by molar-refractivity contribution is 0.0696. The molecule has 0 fully saturated rings. The molecule has 0 bridgehead atoms. The predicted octanol–water partition coefficient (Wildman–Crippen LogP) is 2.29. The first-order valence-corrected chi connectivity index (χ1v) is 6.53. The number of nitrogens with zero attached hydrogens (tertiary/aromatic N) is 1. The van der Waals surface area contributed by atoms with E-state index in [1.165, 1.54) is 18.2 Å². The highest BCUT2D eigenvalue weighted by Crippen LogP contribution is 2.30. The summed E-state index contributed by atoms with van der Waals surface area (Å²) in [6.07, 6.45) is 0.707. The number of aromatic hydroxyl groups is 1.